The normalized spacial score (nSPS) is 11.3. The van der Waals surface area contributed by atoms with Gasteiger partial charge >= 0.3 is 11.9 Å². The summed E-state index contributed by atoms with van der Waals surface area (Å²) in [6.45, 7) is 6.37. The van der Waals surface area contributed by atoms with E-state index in [1.807, 2.05) is 0 Å². The molecule has 0 saturated carbocycles. The van der Waals surface area contributed by atoms with E-state index in [-0.39, 0.29) is 17.6 Å². The Labute approximate surface area is 120 Å². The van der Waals surface area contributed by atoms with Gasteiger partial charge in [-0.05, 0) is 19.3 Å². The van der Waals surface area contributed by atoms with Crippen molar-refractivity contribution in [3.63, 3.8) is 0 Å². The summed E-state index contributed by atoms with van der Waals surface area (Å²) in [6, 6.07) is 0. The van der Waals surface area contributed by atoms with Gasteiger partial charge in [0.25, 0.3) is 0 Å². The maximum atomic E-state index is 11.4. The molecule has 0 aliphatic heterocycles. The van der Waals surface area contributed by atoms with Crippen LogP contribution in [0.15, 0.2) is 0 Å². The van der Waals surface area contributed by atoms with Gasteiger partial charge in [-0.1, -0.05) is 40.0 Å². The lowest BCUT2D eigenvalue weighted by Gasteiger charge is -2.29. The van der Waals surface area contributed by atoms with Gasteiger partial charge in [0.15, 0.2) is 0 Å². The first-order chi connectivity index (χ1) is 8.99. The Hall–Kier alpha value is -0.710. The zero-order chi connectivity index (χ0) is 14.7. The lowest BCUT2D eigenvalue weighted by atomic mass is 9.95. The molecular weight excluding hydrogens is 264 g/mol. The van der Waals surface area contributed by atoms with Crippen molar-refractivity contribution in [2.75, 3.05) is 0 Å². The van der Waals surface area contributed by atoms with Crippen molar-refractivity contribution in [2.45, 2.75) is 76.9 Å². The standard InChI is InChI=1S/C14H26O4S/c1-4-7-8-11-14(5-2,6-3)19-18-13(17)10-9-12(15)16/h4-11H2,1-3H3,(H,15,16). The fraction of sp³-hybridized carbons (Fsp3) is 0.857. The average molecular weight is 290 g/mol. The third kappa shape index (κ3) is 8.14. The lowest BCUT2D eigenvalue weighted by molar-refractivity contribution is -0.141. The molecule has 0 bridgehead atoms. The second-order valence-electron chi connectivity index (χ2n) is 4.78. The van der Waals surface area contributed by atoms with Crippen LogP contribution in [-0.4, -0.2) is 21.8 Å². The Morgan fingerprint density at radius 1 is 1.11 bits per heavy atom. The van der Waals surface area contributed by atoms with Gasteiger partial charge in [-0.25, -0.2) is 0 Å². The van der Waals surface area contributed by atoms with Gasteiger partial charge in [-0.15, -0.1) is 0 Å². The molecule has 112 valence electrons. The molecule has 19 heavy (non-hydrogen) atoms. The number of aliphatic carboxylic acids is 1. The van der Waals surface area contributed by atoms with Crippen molar-refractivity contribution in [1.82, 2.24) is 0 Å². The van der Waals surface area contributed by atoms with Crippen LogP contribution in [0.3, 0.4) is 0 Å². The van der Waals surface area contributed by atoms with Gasteiger partial charge in [-0.3, -0.25) is 9.59 Å². The van der Waals surface area contributed by atoms with Crippen molar-refractivity contribution >= 4 is 24.0 Å². The Balaban J connectivity index is 4.18. The summed E-state index contributed by atoms with van der Waals surface area (Å²) in [7, 11) is 0. The highest BCUT2D eigenvalue weighted by atomic mass is 32.2. The molecule has 0 amide bonds. The first-order valence-electron chi connectivity index (χ1n) is 7.10. The van der Waals surface area contributed by atoms with E-state index in [1.54, 1.807) is 0 Å². The van der Waals surface area contributed by atoms with Crippen LogP contribution >= 0.6 is 12.0 Å². The minimum absolute atomic E-state index is 0.0198. The lowest BCUT2D eigenvalue weighted by Crippen LogP contribution is -2.24. The van der Waals surface area contributed by atoms with Crippen molar-refractivity contribution in [1.29, 1.82) is 0 Å². The van der Waals surface area contributed by atoms with E-state index in [4.69, 9.17) is 9.29 Å². The first kappa shape index (κ1) is 18.3. The first-order valence-corrected chi connectivity index (χ1v) is 7.84. The molecular formula is C14H26O4S. The molecule has 0 rings (SSSR count). The minimum Gasteiger partial charge on any atom is -0.481 e. The van der Waals surface area contributed by atoms with Gasteiger partial charge in [0.2, 0.25) is 0 Å². The monoisotopic (exact) mass is 290 g/mol. The summed E-state index contributed by atoms with van der Waals surface area (Å²) >= 11 is 1.24. The highest BCUT2D eigenvalue weighted by Gasteiger charge is 2.29. The minimum atomic E-state index is -0.970. The van der Waals surface area contributed by atoms with Crippen LogP contribution in [-0.2, 0) is 13.8 Å². The molecule has 0 radical (unpaired) electrons. The topological polar surface area (TPSA) is 63.6 Å². The summed E-state index contributed by atoms with van der Waals surface area (Å²) in [5, 5.41) is 8.51. The smallest absolute Gasteiger partial charge is 0.318 e. The molecule has 0 aliphatic rings. The molecule has 0 aromatic heterocycles. The van der Waals surface area contributed by atoms with Gasteiger partial charge in [0.1, 0.15) is 0 Å². The number of carbonyl (C=O) groups excluding carboxylic acids is 1. The maximum Gasteiger partial charge on any atom is 0.318 e. The number of carboxylic acids is 1. The summed E-state index contributed by atoms with van der Waals surface area (Å²) in [6.07, 6.45) is 6.21. The Bertz CT molecular complexity index is 275. The number of carbonyl (C=O) groups is 2. The van der Waals surface area contributed by atoms with E-state index in [1.165, 1.54) is 24.9 Å². The Kier molecular flexibility index (Phi) is 9.74. The van der Waals surface area contributed by atoms with E-state index in [0.717, 1.165) is 25.7 Å². The van der Waals surface area contributed by atoms with Crippen molar-refractivity contribution in [3.8, 4) is 0 Å². The van der Waals surface area contributed by atoms with E-state index < -0.39 is 11.9 Å². The second kappa shape index (κ2) is 10.1. The molecule has 0 saturated heterocycles. The van der Waals surface area contributed by atoms with Crippen LogP contribution in [0.2, 0.25) is 0 Å². The predicted molar refractivity (Wildman–Crippen MR) is 78.0 cm³/mol. The fourth-order valence-electron chi connectivity index (χ4n) is 1.85. The number of unbranched alkanes of at least 4 members (excludes halogenated alkanes) is 2. The predicted octanol–water partition coefficient (Wildman–Crippen LogP) is 4.18. The molecule has 0 aliphatic carbocycles. The highest BCUT2D eigenvalue weighted by Crippen LogP contribution is 2.38. The third-order valence-corrected chi connectivity index (χ3v) is 4.78. The van der Waals surface area contributed by atoms with Gasteiger partial charge in [0, 0.05) is 0 Å². The van der Waals surface area contributed by atoms with Crippen LogP contribution in [0.1, 0.15) is 72.1 Å². The molecule has 4 nitrogen and oxygen atoms in total. The van der Waals surface area contributed by atoms with Gasteiger partial charge in [-0.2, -0.15) is 0 Å². The molecule has 1 N–H and O–H groups in total. The number of carboxylic acid groups (broad SMARTS) is 1. The van der Waals surface area contributed by atoms with Crippen molar-refractivity contribution in [3.05, 3.63) is 0 Å². The quantitative estimate of drug-likeness (QED) is 0.457. The van der Waals surface area contributed by atoms with Crippen LogP contribution in [0.25, 0.3) is 0 Å². The van der Waals surface area contributed by atoms with Crippen molar-refractivity contribution in [2.24, 2.45) is 0 Å². The molecule has 0 aromatic carbocycles. The molecule has 0 unspecified atom stereocenters. The molecule has 0 spiro atoms. The molecule has 5 heteroatoms. The summed E-state index contributed by atoms with van der Waals surface area (Å²) < 4.78 is 5.17. The van der Waals surface area contributed by atoms with E-state index >= 15 is 0 Å². The number of hydrogen-bond donors (Lipinski definition) is 1. The second-order valence-corrected chi connectivity index (χ2v) is 5.98. The summed E-state index contributed by atoms with van der Waals surface area (Å²) in [5.41, 5.74) is 0. The van der Waals surface area contributed by atoms with Crippen LogP contribution in [0, 0.1) is 0 Å². The van der Waals surface area contributed by atoms with Crippen LogP contribution in [0.5, 0.6) is 0 Å². The molecule has 0 aromatic rings. The SMILES string of the molecule is CCCCCC(CC)(CC)SOC(=O)CCC(=O)O. The molecule has 0 fully saturated rings. The third-order valence-electron chi connectivity index (χ3n) is 3.38. The number of hydrogen-bond acceptors (Lipinski definition) is 4. The molecule has 0 heterocycles. The van der Waals surface area contributed by atoms with Gasteiger partial charge < -0.3 is 9.29 Å². The van der Waals surface area contributed by atoms with Crippen molar-refractivity contribution < 1.29 is 18.9 Å². The fourth-order valence-corrected chi connectivity index (χ4v) is 2.66. The summed E-state index contributed by atoms with van der Waals surface area (Å²) in [5.74, 6) is -1.41. The van der Waals surface area contributed by atoms with Crippen LogP contribution in [0.4, 0.5) is 0 Å². The Morgan fingerprint density at radius 3 is 2.21 bits per heavy atom. The zero-order valence-corrected chi connectivity index (χ0v) is 13.1. The average Bonchev–Trinajstić information content (AvgIpc) is 2.40. The van der Waals surface area contributed by atoms with Crippen LogP contribution < -0.4 is 0 Å². The van der Waals surface area contributed by atoms with E-state index in [2.05, 4.69) is 20.8 Å². The Morgan fingerprint density at radius 2 is 1.74 bits per heavy atom. The molecule has 0 atom stereocenters. The number of rotatable bonds is 11. The van der Waals surface area contributed by atoms with E-state index in [0.29, 0.717) is 0 Å². The largest absolute Gasteiger partial charge is 0.481 e. The maximum absolute atomic E-state index is 11.4. The highest BCUT2D eigenvalue weighted by molar-refractivity contribution is 7.96. The zero-order valence-electron chi connectivity index (χ0n) is 12.2. The van der Waals surface area contributed by atoms with Gasteiger partial charge in [0.05, 0.1) is 29.6 Å². The summed E-state index contributed by atoms with van der Waals surface area (Å²) in [4.78, 5) is 21.8. The van der Waals surface area contributed by atoms with E-state index in [9.17, 15) is 9.59 Å².